The molecule has 1 aromatic heterocycles. The lowest BCUT2D eigenvalue weighted by atomic mass is 9.98. The Hall–Kier alpha value is -2.83. The summed E-state index contributed by atoms with van der Waals surface area (Å²) in [5.74, 6) is -0.453. The van der Waals surface area contributed by atoms with Crippen molar-refractivity contribution in [2.24, 2.45) is 0 Å². The van der Waals surface area contributed by atoms with Crippen molar-refractivity contribution in [3.63, 3.8) is 0 Å². The fraction of sp³-hybridized carbons (Fsp3) is 0.483. The number of esters is 1. The van der Waals surface area contributed by atoms with Gasteiger partial charge in [0, 0.05) is 18.0 Å². The van der Waals surface area contributed by atoms with Gasteiger partial charge in [0.05, 0.1) is 25.3 Å². The lowest BCUT2D eigenvalue weighted by Gasteiger charge is -2.40. The lowest BCUT2D eigenvalue weighted by Crippen LogP contribution is -2.56. The first kappa shape index (κ1) is 29.2. The Labute approximate surface area is 226 Å². The molecule has 10 heteroatoms. The first-order chi connectivity index (χ1) is 18.8. The van der Waals surface area contributed by atoms with Crippen LogP contribution in [-0.2, 0) is 27.1 Å². The summed E-state index contributed by atoms with van der Waals surface area (Å²) in [7, 11) is 0. The zero-order chi connectivity index (χ0) is 28.1. The summed E-state index contributed by atoms with van der Waals surface area (Å²) in [6, 6.07) is 13.9. The Balaban J connectivity index is 1.48. The molecular weight excluding hydrogens is 506 g/mol. The van der Waals surface area contributed by atoms with Gasteiger partial charge >= 0.3 is 5.97 Å². The molecule has 6 N–H and O–H groups in total. The molecule has 1 saturated heterocycles. The highest BCUT2D eigenvalue weighted by Gasteiger charge is 2.44. The maximum atomic E-state index is 11.8. The quantitative estimate of drug-likeness (QED) is 0.192. The molecule has 212 valence electrons. The minimum atomic E-state index is -1.47. The number of ether oxygens (including phenoxy) is 2. The van der Waals surface area contributed by atoms with Gasteiger partial charge in [-0.2, -0.15) is 0 Å². The molecule has 1 aliphatic heterocycles. The minimum Gasteiger partial charge on any atom is -0.457 e. The van der Waals surface area contributed by atoms with Crippen molar-refractivity contribution >= 4 is 16.9 Å². The lowest BCUT2D eigenvalue weighted by molar-refractivity contribution is -0.250. The van der Waals surface area contributed by atoms with E-state index in [2.05, 4.69) is 0 Å². The molecule has 0 unspecified atom stereocenters. The van der Waals surface area contributed by atoms with Crippen molar-refractivity contribution in [1.82, 2.24) is 4.57 Å². The fourth-order valence-corrected chi connectivity index (χ4v) is 5.10. The molecule has 2 heterocycles. The average molecular weight is 544 g/mol. The third kappa shape index (κ3) is 6.50. The molecule has 10 nitrogen and oxygen atoms in total. The van der Waals surface area contributed by atoms with E-state index in [1.165, 1.54) is 0 Å². The van der Waals surface area contributed by atoms with Crippen molar-refractivity contribution < 1.29 is 44.9 Å². The standard InChI is InChI=1S/C29H37NO9/c1-17-4-2-6-22-25(17)20(13-30(22)29-28(37)27(36)26(35)23(16-33)39-29)12-19-10-8-18(9-11-19)5-3-7-24(34)38-21(14-31)15-32/h2,4,6,8-11,13,21,23,26-29,31-33,35-37H,3,5,7,12,14-16H2,1H3/t23-,26-,27+,28-,29-/m1/s1. The first-order valence-electron chi connectivity index (χ1n) is 13.2. The summed E-state index contributed by atoms with van der Waals surface area (Å²) in [6.07, 6.45) is -3.22. The zero-order valence-corrected chi connectivity index (χ0v) is 21.9. The third-order valence-electron chi connectivity index (χ3n) is 7.26. The molecule has 0 amide bonds. The molecule has 0 aliphatic carbocycles. The Morgan fingerprint density at radius 2 is 1.67 bits per heavy atom. The highest BCUT2D eigenvalue weighted by Crippen LogP contribution is 2.35. The number of aryl methyl sites for hydroxylation is 2. The van der Waals surface area contributed by atoms with Crippen molar-refractivity contribution in [3.05, 3.63) is 70.9 Å². The second kappa shape index (κ2) is 13.0. The Bertz CT molecular complexity index is 1240. The fourth-order valence-electron chi connectivity index (χ4n) is 5.10. The molecule has 0 spiro atoms. The largest absolute Gasteiger partial charge is 0.457 e. The van der Waals surface area contributed by atoms with Crippen LogP contribution in [0.4, 0.5) is 0 Å². The van der Waals surface area contributed by atoms with Crippen LogP contribution in [0.5, 0.6) is 0 Å². The first-order valence-corrected chi connectivity index (χ1v) is 13.2. The normalized spacial score (nSPS) is 23.4. The number of hydrogen-bond acceptors (Lipinski definition) is 9. The molecule has 5 atom stereocenters. The van der Waals surface area contributed by atoms with E-state index in [1.807, 2.05) is 55.6 Å². The summed E-state index contributed by atoms with van der Waals surface area (Å²) in [4.78, 5) is 11.8. The summed E-state index contributed by atoms with van der Waals surface area (Å²) in [5.41, 5.74) is 4.97. The Morgan fingerprint density at radius 3 is 2.33 bits per heavy atom. The van der Waals surface area contributed by atoms with Crippen LogP contribution in [-0.4, -0.2) is 91.5 Å². The molecule has 1 aliphatic rings. The highest BCUT2D eigenvalue weighted by atomic mass is 16.6. The summed E-state index contributed by atoms with van der Waals surface area (Å²) in [6.45, 7) is 0.682. The summed E-state index contributed by atoms with van der Waals surface area (Å²) >= 11 is 0. The molecule has 2 aromatic carbocycles. The van der Waals surface area contributed by atoms with Crippen molar-refractivity contribution in [3.8, 4) is 0 Å². The van der Waals surface area contributed by atoms with E-state index in [0.29, 0.717) is 19.3 Å². The van der Waals surface area contributed by atoms with Gasteiger partial charge in [-0.15, -0.1) is 0 Å². The monoisotopic (exact) mass is 543 g/mol. The second-order valence-corrected chi connectivity index (χ2v) is 10.1. The van der Waals surface area contributed by atoms with E-state index in [9.17, 15) is 25.2 Å². The number of fused-ring (bicyclic) bond motifs is 1. The SMILES string of the molecule is Cc1cccc2c1c(Cc1ccc(CCCC(=O)OC(CO)CO)cc1)cn2[C@@H]1O[C@H](CO)[C@@H](O)[C@H](O)[C@H]1O. The van der Waals surface area contributed by atoms with Gasteiger partial charge in [-0.25, -0.2) is 0 Å². The molecule has 0 saturated carbocycles. The van der Waals surface area contributed by atoms with Gasteiger partial charge in [-0.1, -0.05) is 36.4 Å². The number of aliphatic hydroxyl groups excluding tert-OH is 6. The van der Waals surface area contributed by atoms with E-state index in [4.69, 9.17) is 19.7 Å². The molecule has 39 heavy (non-hydrogen) atoms. The van der Waals surface area contributed by atoms with Crippen LogP contribution < -0.4 is 0 Å². The molecule has 1 fully saturated rings. The molecular formula is C29H37NO9. The summed E-state index contributed by atoms with van der Waals surface area (Å²) < 4.78 is 12.6. The van der Waals surface area contributed by atoms with Crippen molar-refractivity contribution in [2.45, 2.75) is 69.4 Å². The topological polar surface area (TPSA) is 162 Å². The number of aliphatic hydroxyl groups is 6. The molecule has 4 rings (SSSR count). The average Bonchev–Trinajstić information content (AvgIpc) is 3.30. The van der Waals surface area contributed by atoms with Gasteiger partial charge in [-0.3, -0.25) is 4.79 Å². The summed E-state index contributed by atoms with van der Waals surface area (Å²) in [5, 5.41) is 59.9. The number of carbonyl (C=O) groups excluding carboxylic acids is 1. The Morgan fingerprint density at radius 1 is 0.974 bits per heavy atom. The van der Waals surface area contributed by atoms with Crippen LogP contribution in [0.25, 0.3) is 10.9 Å². The number of carbonyl (C=O) groups is 1. The third-order valence-corrected chi connectivity index (χ3v) is 7.26. The van der Waals surface area contributed by atoms with E-state index < -0.39 is 62.5 Å². The number of rotatable bonds is 11. The zero-order valence-electron chi connectivity index (χ0n) is 21.9. The molecule has 0 bridgehead atoms. The van der Waals surface area contributed by atoms with Crippen LogP contribution >= 0.6 is 0 Å². The van der Waals surface area contributed by atoms with Gasteiger partial charge in [0.1, 0.15) is 30.5 Å². The van der Waals surface area contributed by atoms with E-state index in [-0.39, 0.29) is 6.42 Å². The van der Waals surface area contributed by atoms with Gasteiger partial charge in [0.2, 0.25) is 0 Å². The van der Waals surface area contributed by atoms with Gasteiger partial charge in [0.25, 0.3) is 0 Å². The number of nitrogens with zero attached hydrogens (tertiary/aromatic N) is 1. The highest BCUT2D eigenvalue weighted by molar-refractivity contribution is 5.87. The van der Waals surface area contributed by atoms with E-state index in [0.717, 1.165) is 33.2 Å². The number of hydrogen-bond donors (Lipinski definition) is 6. The van der Waals surface area contributed by atoms with E-state index >= 15 is 0 Å². The van der Waals surface area contributed by atoms with Crippen LogP contribution in [0.3, 0.4) is 0 Å². The number of aromatic nitrogens is 1. The maximum absolute atomic E-state index is 11.8. The minimum absolute atomic E-state index is 0.189. The van der Waals surface area contributed by atoms with Crippen molar-refractivity contribution in [2.75, 3.05) is 19.8 Å². The van der Waals surface area contributed by atoms with Crippen LogP contribution in [0, 0.1) is 6.92 Å². The predicted molar refractivity (Wildman–Crippen MR) is 142 cm³/mol. The van der Waals surface area contributed by atoms with Crippen LogP contribution in [0.2, 0.25) is 0 Å². The number of benzene rings is 2. The maximum Gasteiger partial charge on any atom is 0.306 e. The second-order valence-electron chi connectivity index (χ2n) is 10.1. The van der Waals surface area contributed by atoms with Crippen molar-refractivity contribution in [1.29, 1.82) is 0 Å². The van der Waals surface area contributed by atoms with Crippen LogP contribution in [0.1, 0.15) is 41.3 Å². The van der Waals surface area contributed by atoms with Gasteiger partial charge in [-0.05, 0) is 54.5 Å². The smallest absolute Gasteiger partial charge is 0.306 e. The van der Waals surface area contributed by atoms with Crippen LogP contribution in [0.15, 0.2) is 48.7 Å². The molecule has 0 radical (unpaired) electrons. The van der Waals surface area contributed by atoms with E-state index in [1.54, 1.807) is 4.57 Å². The van der Waals surface area contributed by atoms with Gasteiger partial charge < -0.3 is 44.7 Å². The molecule has 3 aromatic rings. The Kier molecular flexibility index (Phi) is 9.73. The van der Waals surface area contributed by atoms with Gasteiger partial charge in [0.15, 0.2) is 6.23 Å². The predicted octanol–water partition coefficient (Wildman–Crippen LogP) is 0.732.